The highest BCUT2D eigenvalue weighted by atomic mass is 32.2. The molecule has 1 aliphatic rings. The standard InChI is InChI=1S/C19H30N2O3S/c1-14-6-10-16(11-7-14)21(5)18(22)15-8-12-17(13-9-15)25(23,24)20-19(2,3)4/h8-9,12-14,16,20H,6-7,10-11H2,1-5H3. The Kier molecular flexibility index (Phi) is 5.94. The fourth-order valence-electron chi connectivity index (χ4n) is 3.24. The van der Waals surface area contributed by atoms with Crippen molar-refractivity contribution in [3.05, 3.63) is 29.8 Å². The molecule has 1 saturated carbocycles. The lowest BCUT2D eigenvalue weighted by atomic mass is 9.86. The molecule has 0 heterocycles. The van der Waals surface area contributed by atoms with Crippen molar-refractivity contribution < 1.29 is 13.2 Å². The normalized spacial score (nSPS) is 21.8. The van der Waals surface area contributed by atoms with Crippen LogP contribution in [0.3, 0.4) is 0 Å². The van der Waals surface area contributed by atoms with E-state index in [1.807, 2.05) is 11.9 Å². The molecule has 140 valence electrons. The van der Waals surface area contributed by atoms with Crippen molar-refractivity contribution in [3.63, 3.8) is 0 Å². The first kappa shape index (κ1) is 19.9. The van der Waals surface area contributed by atoms with Gasteiger partial charge in [-0.05, 0) is 76.6 Å². The molecule has 1 aromatic rings. The summed E-state index contributed by atoms with van der Waals surface area (Å²) < 4.78 is 27.3. The van der Waals surface area contributed by atoms with Gasteiger partial charge in [-0.2, -0.15) is 0 Å². The third-order valence-corrected chi connectivity index (χ3v) is 6.48. The van der Waals surface area contributed by atoms with Crippen LogP contribution in [-0.2, 0) is 10.0 Å². The molecule has 5 nitrogen and oxygen atoms in total. The van der Waals surface area contributed by atoms with Crippen molar-refractivity contribution in [3.8, 4) is 0 Å². The molecule has 1 N–H and O–H groups in total. The predicted molar refractivity (Wildman–Crippen MR) is 100 cm³/mol. The van der Waals surface area contributed by atoms with Crippen LogP contribution in [0.4, 0.5) is 0 Å². The fraction of sp³-hybridized carbons (Fsp3) is 0.632. The molecule has 0 radical (unpaired) electrons. The Balaban J connectivity index is 2.10. The highest BCUT2D eigenvalue weighted by Gasteiger charge is 2.26. The number of sulfonamides is 1. The summed E-state index contributed by atoms with van der Waals surface area (Å²) in [5, 5.41) is 0. The lowest BCUT2D eigenvalue weighted by Crippen LogP contribution is -2.40. The largest absolute Gasteiger partial charge is 0.339 e. The first-order chi connectivity index (χ1) is 11.5. The van der Waals surface area contributed by atoms with Gasteiger partial charge in [-0.3, -0.25) is 4.79 Å². The first-order valence-electron chi connectivity index (χ1n) is 8.91. The zero-order chi connectivity index (χ0) is 18.8. The molecule has 1 amide bonds. The van der Waals surface area contributed by atoms with Gasteiger partial charge in [-0.15, -0.1) is 0 Å². The van der Waals surface area contributed by atoms with E-state index in [0.29, 0.717) is 5.56 Å². The predicted octanol–water partition coefficient (Wildman–Crippen LogP) is 3.41. The molecule has 0 aromatic heterocycles. The van der Waals surface area contributed by atoms with Gasteiger partial charge in [-0.1, -0.05) is 6.92 Å². The average Bonchev–Trinajstić information content (AvgIpc) is 2.52. The van der Waals surface area contributed by atoms with Gasteiger partial charge in [0.15, 0.2) is 0 Å². The summed E-state index contributed by atoms with van der Waals surface area (Å²) in [5.41, 5.74) is -0.0260. The molecule has 0 aliphatic heterocycles. The minimum absolute atomic E-state index is 0.0488. The molecule has 0 saturated heterocycles. The molecule has 1 fully saturated rings. The van der Waals surface area contributed by atoms with Gasteiger partial charge < -0.3 is 4.90 Å². The average molecular weight is 367 g/mol. The van der Waals surface area contributed by atoms with E-state index in [0.717, 1.165) is 31.6 Å². The Bertz CT molecular complexity index is 697. The summed E-state index contributed by atoms with van der Waals surface area (Å²) in [5.74, 6) is 0.687. The minimum Gasteiger partial charge on any atom is -0.339 e. The third kappa shape index (κ3) is 5.28. The minimum atomic E-state index is -3.58. The Hall–Kier alpha value is -1.40. The van der Waals surface area contributed by atoms with Crippen LogP contribution in [0.5, 0.6) is 0 Å². The summed E-state index contributed by atoms with van der Waals surface area (Å²) in [6, 6.07) is 6.47. The Morgan fingerprint density at radius 3 is 2.08 bits per heavy atom. The zero-order valence-corrected chi connectivity index (χ0v) is 16.7. The third-order valence-electron chi connectivity index (χ3n) is 4.71. The number of carbonyl (C=O) groups is 1. The topological polar surface area (TPSA) is 66.5 Å². The fourth-order valence-corrected chi connectivity index (χ4v) is 4.66. The Labute approximate surface area is 151 Å². The van der Waals surface area contributed by atoms with Crippen LogP contribution in [0.15, 0.2) is 29.2 Å². The molecular weight excluding hydrogens is 336 g/mol. The molecule has 1 aliphatic carbocycles. The second-order valence-electron chi connectivity index (χ2n) is 8.21. The quantitative estimate of drug-likeness (QED) is 0.888. The van der Waals surface area contributed by atoms with E-state index in [9.17, 15) is 13.2 Å². The number of hydrogen-bond acceptors (Lipinski definition) is 3. The molecule has 1 aromatic carbocycles. The van der Waals surface area contributed by atoms with Gasteiger partial charge in [0, 0.05) is 24.2 Å². The van der Waals surface area contributed by atoms with Crippen LogP contribution in [-0.4, -0.2) is 37.9 Å². The number of amides is 1. The summed E-state index contributed by atoms with van der Waals surface area (Å²) in [7, 11) is -1.74. The summed E-state index contributed by atoms with van der Waals surface area (Å²) >= 11 is 0. The van der Waals surface area contributed by atoms with E-state index in [2.05, 4.69) is 11.6 Å². The van der Waals surface area contributed by atoms with Crippen molar-refractivity contribution >= 4 is 15.9 Å². The lowest BCUT2D eigenvalue weighted by molar-refractivity contribution is 0.0679. The Morgan fingerprint density at radius 1 is 1.08 bits per heavy atom. The van der Waals surface area contributed by atoms with Crippen LogP contribution in [0, 0.1) is 5.92 Å². The lowest BCUT2D eigenvalue weighted by Gasteiger charge is -2.33. The van der Waals surface area contributed by atoms with Crippen molar-refractivity contribution in [2.24, 2.45) is 5.92 Å². The molecule has 0 atom stereocenters. The molecule has 0 spiro atoms. The van der Waals surface area contributed by atoms with E-state index >= 15 is 0 Å². The molecular formula is C19H30N2O3S. The maximum atomic E-state index is 12.7. The van der Waals surface area contributed by atoms with Crippen molar-refractivity contribution in [2.75, 3.05) is 7.05 Å². The van der Waals surface area contributed by atoms with E-state index in [4.69, 9.17) is 0 Å². The van der Waals surface area contributed by atoms with Crippen molar-refractivity contribution in [1.29, 1.82) is 0 Å². The van der Waals surface area contributed by atoms with Gasteiger partial charge in [0.25, 0.3) is 5.91 Å². The molecule has 0 bridgehead atoms. The smallest absolute Gasteiger partial charge is 0.253 e. The second-order valence-corrected chi connectivity index (χ2v) is 9.89. The van der Waals surface area contributed by atoms with Crippen molar-refractivity contribution in [2.45, 2.75) is 69.9 Å². The van der Waals surface area contributed by atoms with E-state index < -0.39 is 15.6 Å². The number of nitrogens with one attached hydrogen (secondary N) is 1. The van der Waals surface area contributed by atoms with Crippen LogP contribution in [0.2, 0.25) is 0 Å². The highest BCUT2D eigenvalue weighted by molar-refractivity contribution is 7.89. The monoisotopic (exact) mass is 366 g/mol. The van der Waals surface area contributed by atoms with Crippen LogP contribution in [0.1, 0.15) is 63.7 Å². The highest BCUT2D eigenvalue weighted by Crippen LogP contribution is 2.27. The van der Waals surface area contributed by atoms with E-state index in [1.165, 1.54) is 12.1 Å². The SMILES string of the molecule is CC1CCC(N(C)C(=O)c2ccc(S(=O)(=O)NC(C)(C)C)cc2)CC1. The van der Waals surface area contributed by atoms with Gasteiger partial charge in [-0.25, -0.2) is 13.1 Å². The Morgan fingerprint density at radius 2 is 1.60 bits per heavy atom. The van der Waals surface area contributed by atoms with Gasteiger partial charge in [0.1, 0.15) is 0 Å². The van der Waals surface area contributed by atoms with Gasteiger partial charge in [0.2, 0.25) is 10.0 Å². The maximum absolute atomic E-state index is 12.7. The summed E-state index contributed by atoms with van der Waals surface area (Å²) in [4.78, 5) is 14.7. The van der Waals surface area contributed by atoms with Crippen LogP contribution < -0.4 is 4.72 Å². The van der Waals surface area contributed by atoms with Gasteiger partial charge in [0.05, 0.1) is 4.90 Å². The maximum Gasteiger partial charge on any atom is 0.253 e. The summed E-state index contributed by atoms with van der Waals surface area (Å²) in [6.45, 7) is 7.64. The molecule has 0 unspecified atom stereocenters. The number of rotatable bonds is 4. The summed E-state index contributed by atoms with van der Waals surface area (Å²) in [6.07, 6.45) is 4.37. The number of hydrogen-bond donors (Lipinski definition) is 1. The van der Waals surface area contributed by atoms with Gasteiger partial charge >= 0.3 is 0 Å². The number of nitrogens with zero attached hydrogens (tertiary/aromatic N) is 1. The number of benzene rings is 1. The molecule has 25 heavy (non-hydrogen) atoms. The van der Waals surface area contributed by atoms with Crippen LogP contribution >= 0.6 is 0 Å². The molecule has 2 rings (SSSR count). The molecule has 6 heteroatoms. The van der Waals surface area contributed by atoms with E-state index in [1.54, 1.807) is 32.9 Å². The van der Waals surface area contributed by atoms with Crippen molar-refractivity contribution in [1.82, 2.24) is 9.62 Å². The number of carbonyl (C=O) groups excluding carboxylic acids is 1. The zero-order valence-electron chi connectivity index (χ0n) is 15.9. The van der Waals surface area contributed by atoms with Crippen LogP contribution in [0.25, 0.3) is 0 Å². The second kappa shape index (κ2) is 7.46. The first-order valence-corrected chi connectivity index (χ1v) is 10.4. The van der Waals surface area contributed by atoms with E-state index in [-0.39, 0.29) is 16.8 Å².